The van der Waals surface area contributed by atoms with E-state index in [-0.39, 0.29) is 16.5 Å². The molecule has 1 unspecified atom stereocenters. The number of nitrogens with zero attached hydrogens (tertiary/aromatic N) is 5. The summed E-state index contributed by atoms with van der Waals surface area (Å²) in [5.74, 6) is -1.28. The average Bonchev–Trinajstić information content (AvgIpc) is 3.16. The van der Waals surface area contributed by atoms with Crippen LogP contribution in [0.2, 0.25) is 0 Å². The molecule has 5 rings (SSSR count). The molecule has 5 nitrogen and oxygen atoms in total. The normalized spacial score (nSPS) is 12.5. The Kier molecular flexibility index (Phi) is 4.46. The molecule has 0 fully saturated rings. The van der Waals surface area contributed by atoms with Gasteiger partial charge in [0.1, 0.15) is 11.6 Å². The summed E-state index contributed by atoms with van der Waals surface area (Å²) in [6.07, 6.45) is 4.70. The van der Waals surface area contributed by atoms with Gasteiger partial charge < -0.3 is 4.57 Å². The van der Waals surface area contributed by atoms with Crippen molar-refractivity contribution >= 4 is 22.2 Å². The number of benzene rings is 2. The Morgan fingerprint density at radius 3 is 2.52 bits per heavy atom. The standard InChI is InChI=1S/C24H19F2N5/c1-13-7-14(2)9-16(8-13)20-11-28-23-24(30-20)31(12-29-23)15(3)21-18(25)10-19-17(22(21)26)5-4-6-27-19/h4-12,15H,1-3H3. The lowest BCUT2D eigenvalue weighted by molar-refractivity contribution is 0.517. The number of aryl methyl sites for hydroxylation is 2. The molecule has 0 spiro atoms. The molecule has 3 aromatic heterocycles. The summed E-state index contributed by atoms with van der Waals surface area (Å²) in [6.45, 7) is 5.76. The van der Waals surface area contributed by atoms with Crippen molar-refractivity contribution in [2.24, 2.45) is 0 Å². The predicted octanol–water partition coefficient (Wildman–Crippen LogP) is 5.55. The van der Waals surface area contributed by atoms with Crippen molar-refractivity contribution in [2.75, 3.05) is 0 Å². The summed E-state index contributed by atoms with van der Waals surface area (Å²) in [5, 5.41) is 0.275. The molecule has 5 aromatic rings. The number of pyridine rings is 1. The summed E-state index contributed by atoms with van der Waals surface area (Å²) in [4.78, 5) is 17.5. The van der Waals surface area contributed by atoms with E-state index in [1.54, 1.807) is 29.8 Å². The van der Waals surface area contributed by atoms with Crippen LogP contribution in [0.25, 0.3) is 33.5 Å². The number of halogens is 2. The Labute approximate surface area is 177 Å². The van der Waals surface area contributed by atoms with Crippen molar-refractivity contribution in [2.45, 2.75) is 26.8 Å². The third kappa shape index (κ3) is 3.22. The summed E-state index contributed by atoms with van der Waals surface area (Å²) in [7, 11) is 0. The second-order valence-electron chi connectivity index (χ2n) is 7.76. The van der Waals surface area contributed by atoms with Crippen LogP contribution in [0.3, 0.4) is 0 Å². The topological polar surface area (TPSA) is 56.5 Å². The van der Waals surface area contributed by atoms with Crippen LogP contribution in [0.15, 0.2) is 55.1 Å². The largest absolute Gasteiger partial charge is 0.306 e. The van der Waals surface area contributed by atoms with Crippen molar-refractivity contribution in [1.82, 2.24) is 24.5 Å². The van der Waals surface area contributed by atoms with E-state index in [2.05, 4.69) is 21.0 Å². The zero-order valence-corrected chi connectivity index (χ0v) is 17.3. The van der Waals surface area contributed by atoms with Gasteiger partial charge in [-0.25, -0.2) is 23.7 Å². The van der Waals surface area contributed by atoms with Gasteiger partial charge in [-0.3, -0.25) is 4.98 Å². The Morgan fingerprint density at radius 1 is 0.968 bits per heavy atom. The Balaban J connectivity index is 1.66. The highest BCUT2D eigenvalue weighted by molar-refractivity contribution is 5.80. The monoisotopic (exact) mass is 415 g/mol. The van der Waals surface area contributed by atoms with Crippen LogP contribution in [0.1, 0.15) is 29.7 Å². The first-order valence-electron chi connectivity index (χ1n) is 9.93. The van der Waals surface area contributed by atoms with Gasteiger partial charge in [-0.15, -0.1) is 0 Å². The molecular weight excluding hydrogens is 396 g/mol. The minimum Gasteiger partial charge on any atom is -0.306 e. The van der Waals surface area contributed by atoms with Gasteiger partial charge in [0, 0.05) is 28.8 Å². The molecule has 0 aliphatic carbocycles. The fraction of sp³-hybridized carbons (Fsp3) is 0.167. The van der Waals surface area contributed by atoms with Crippen molar-refractivity contribution < 1.29 is 8.78 Å². The second kappa shape index (κ2) is 7.19. The number of aromatic nitrogens is 5. The number of hydrogen-bond donors (Lipinski definition) is 0. The molecular formula is C24H19F2N5. The zero-order chi connectivity index (χ0) is 21.7. The molecule has 0 bridgehead atoms. The highest BCUT2D eigenvalue weighted by Gasteiger charge is 2.23. The van der Waals surface area contributed by atoms with E-state index in [0.717, 1.165) is 16.7 Å². The molecule has 0 amide bonds. The van der Waals surface area contributed by atoms with Crippen LogP contribution in [-0.2, 0) is 0 Å². The van der Waals surface area contributed by atoms with Crippen LogP contribution in [-0.4, -0.2) is 24.5 Å². The van der Waals surface area contributed by atoms with Crippen molar-refractivity contribution in [3.63, 3.8) is 0 Å². The fourth-order valence-electron chi connectivity index (χ4n) is 4.04. The molecule has 0 aliphatic heterocycles. The highest BCUT2D eigenvalue weighted by Crippen LogP contribution is 2.31. The molecule has 2 aromatic carbocycles. The molecule has 7 heteroatoms. The molecule has 0 saturated heterocycles. The molecule has 0 radical (unpaired) electrons. The number of imidazole rings is 1. The van der Waals surface area contributed by atoms with Gasteiger partial charge in [0.05, 0.1) is 29.8 Å². The van der Waals surface area contributed by atoms with E-state index < -0.39 is 17.7 Å². The van der Waals surface area contributed by atoms with Crippen LogP contribution in [0.5, 0.6) is 0 Å². The van der Waals surface area contributed by atoms with Crippen molar-refractivity contribution in [3.05, 3.63) is 83.4 Å². The Morgan fingerprint density at radius 2 is 1.74 bits per heavy atom. The predicted molar refractivity (Wildman–Crippen MR) is 116 cm³/mol. The lowest BCUT2D eigenvalue weighted by Crippen LogP contribution is -2.11. The maximum Gasteiger partial charge on any atom is 0.197 e. The molecule has 3 heterocycles. The van der Waals surface area contributed by atoms with Gasteiger partial charge in [-0.1, -0.05) is 17.2 Å². The molecule has 0 saturated carbocycles. The smallest absolute Gasteiger partial charge is 0.197 e. The van der Waals surface area contributed by atoms with Gasteiger partial charge in [0.2, 0.25) is 0 Å². The van der Waals surface area contributed by atoms with E-state index in [9.17, 15) is 4.39 Å². The fourth-order valence-corrected chi connectivity index (χ4v) is 4.04. The highest BCUT2D eigenvalue weighted by atomic mass is 19.1. The first-order chi connectivity index (χ1) is 14.9. The zero-order valence-electron chi connectivity index (χ0n) is 17.3. The average molecular weight is 415 g/mol. The van der Waals surface area contributed by atoms with Crippen LogP contribution >= 0.6 is 0 Å². The second-order valence-corrected chi connectivity index (χ2v) is 7.76. The van der Waals surface area contributed by atoms with Gasteiger partial charge in [0.15, 0.2) is 11.3 Å². The van der Waals surface area contributed by atoms with E-state index in [1.165, 1.54) is 18.6 Å². The maximum absolute atomic E-state index is 15.3. The molecule has 0 aliphatic rings. The van der Waals surface area contributed by atoms with Crippen molar-refractivity contribution in [3.8, 4) is 11.3 Å². The first-order valence-corrected chi connectivity index (χ1v) is 9.93. The van der Waals surface area contributed by atoms with E-state index >= 15 is 4.39 Å². The number of fused-ring (bicyclic) bond motifs is 2. The van der Waals surface area contributed by atoms with E-state index in [0.29, 0.717) is 17.0 Å². The van der Waals surface area contributed by atoms with Gasteiger partial charge >= 0.3 is 0 Å². The van der Waals surface area contributed by atoms with Crippen molar-refractivity contribution in [1.29, 1.82) is 0 Å². The van der Waals surface area contributed by atoms with Crippen LogP contribution in [0, 0.1) is 25.5 Å². The minimum atomic E-state index is -0.682. The van der Waals surface area contributed by atoms with E-state index in [4.69, 9.17) is 4.98 Å². The van der Waals surface area contributed by atoms with Gasteiger partial charge in [-0.05, 0) is 45.0 Å². The van der Waals surface area contributed by atoms with Crippen LogP contribution < -0.4 is 0 Å². The summed E-state index contributed by atoms with van der Waals surface area (Å²) in [6, 6.07) is 9.95. The van der Waals surface area contributed by atoms with Gasteiger partial charge in [0.25, 0.3) is 0 Å². The Bertz CT molecular complexity index is 1440. The van der Waals surface area contributed by atoms with Gasteiger partial charge in [-0.2, -0.15) is 0 Å². The SMILES string of the molecule is Cc1cc(C)cc(-c2cnc3ncn(C(C)c4c(F)cc5ncccc5c4F)c3n2)c1. The number of rotatable bonds is 3. The molecule has 154 valence electrons. The first kappa shape index (κ1) is 19.2. The number of hydrogen-bond acceptors (Lipinski definition) is 4. The molecule has 31 heavy (non-hydrogen) atoms. The summed E-state index contributed by atoms with van der Waals surface area (Å²) < 4.78 is 31.8. The maximum atomic E-state index is 15.3. The van der Waals surface area contributed by atoms with Crippen LogP contribution in [0.4, 0.5) is 8.78 Å². The lowest BCUT2D eigenvalue weighted by atomic mass is 10.0. The minimum absolute atomic E-state index is 0.0570. The Hall–Kier alpha value is -3.74. The van der Waals surface area contributed by atoms with E-state index in [1.807, 2.05) is 26.0 Å². The third-order valence-electron chi connectivity index (χ3n) is 5.47. The quantitative estimate of drug-likeness (QED) is 0.388. The molecule has 1 atom stereocenters. The summed E-state index contributed by atoms with van der Waals surface area (Å²) in [5.41, 5.74) is 4.95. The third-order valence-corrected chi connectivity index (χ3v) is 5.47. The molecule has 0 N–H and O–H groups in total. The summed E-state index contributed by atoms with van der Waals surface area (Å²) >= 11 is 0. The lowest BCUT2D eigenvalue weighted by Gasteiger charge is -2.17.